The molecule has 0 unspecified atom stereocenters. The summed E-state index contributed by atoms with van der Waals surface area (Å²) in [6.45, 7) is 1.27. The molecule has 0 aliphatic rings. The van der Waals surface area contributed by atoms with Crippen LogP contribution in [0.3, 0.4) is 0 Å². The highest BCUT2D eigenvalue weighted by atomic mass is 32.2. The third-order valence-corrected chi connectivity index (χ3v) is 5.70. The second kappa shape index (κ2) is 7.31. The third kappa shape index (κ3) is 3.61. The number of methoxy groups -OCH3 is 1. The number of esters is 1. The SMILES string of the molecule is CCc1nnc2ccc(S(=O)(=O)N(CC(=O)OC)c3cccc(F)c3)cn12. The first kappa shape index (κ1) is 18.8. The number of ether oxygens (including phenoxy) is 1. The largest absolute Gasteiger partial charge is 0.468 e. The van der Waals surface area contributed by atoms with Crippen molar-refractivity contribution in [2.45, 2.75) is 18.2 Å². The molecule has 0 bridgehead atoms. The molecule has 0 saturated heterocycles. The average Bonchev–Trinajstić information content (AvgIpc) is 3.08. The van der Waals surface area contributed by atoms with E-state index in [2.05, 4.69) is 14.9 Å². The van der Waals surface area contributed by atoms with Gasteiger partial charge in [0.15, 0.2) is 5.65 Å². The lowest BCUT2D eigenvalue weighted by atomic mass is 10.3. The number of hydrogen-bond donors (Lipinski definition) is 0. The third-order valence-electron chi connectivity index (χ3n) is 3.95. The molecule has 8 nitrogen and oxygen atoms in total. The van der Waals surface area contributed by atoms with Crippen molar-refractivity contribution < 1.29 is 22.3 Å². The van der Waals surface area contributed by atoms with Crippen molar-refractivity contribution in [2.75, 3.05) is 18.0 Å². The maximum Gasteiger partial charge on any atom is 0.326 e. The fraction of sp³-hybridized carbons (Fsp3) is 0.235. The Hall–Kier alpha value is -3.01. The molecule has 1 aromatic carbocycles. The summed E-state index contributed by atoms with van der Waals surface area (Å²) in [6, 6.07) is 7.86. The van der Waals surface area contributed by atoms with E-state index in [0.29, 0.717) is 17.9 Å². The molecule has 0 aliphatic heterocycles. The number of aryl methyl sites for hydroxylation is 1. The van der Waals surface area contributed by atoms with Crippen molar-refractivity contribution in [3.63, 3.8) is 0 Å². The molecule has 0 spiro atoms. The number of pyridine rings is 1. The number of anilines is 1. The molecule has 27 heavy (non-hydrogen) atoms. The lowest BCUT2D eigenvalue weighted by molar-refractivity contribution is -0.138. The van der Waals surface area contributed by atoms with Gasteiger partial charge in [-0.15, -0.1) is 10.2 Å². The van der Waals surface area contributed by atoms with Crippen molar-refractivity contribution in [3.8, 4) is 0 Å². The van der Waals surface area contributed by atoms with E-state index in [-0.39, 0.29) is 10.6 Å². The lowest BCUT2D eigenvalue weighted by Gasteiger charge is -2.23. The van der Waals surface area contributed by atoms with Crippen LogP contribution in [0.15, 0.2) is 47.5 Å². The van der Waals surface area contributed by atoms with Gasteiger partial charge in [0.1, 0.15) is 23.1 Å². The predicted octanol–water partition coefficient (Wildman–Crippen LogP) is 1.80. The molecule has 0 radical (unpaired) electrons. The zero-order valence-electron chi connectivity index (χ0n) is 14.7. The maximum atomic E-state index is 13.6. The number of carbonyl (C=O) groups is 1. The monoisotopic (exact) mass is 392 g/mol. The van der Waals surface area contributed by atoms with Gasteiger partial charge in [-0.05, 0) is 30.3 Å². The Morgan fingerprint density at radius 3 is 2.70 bits per heavy atom. The minimum absolute atomic E-state index is 0.0139. The van der Waals surface area contributed by atoms with Crippen LogP contribution in [0.5, 0.6) is 0 Å². The summed E-state index contributed by atoms with van der Waals surface area (Å²) in [4.78, 5) is 11.7. The second-order valence-corrected chi connectivity index (χ2v) is 7.49. The van der Waals surface area contributed by atoms with Crippen LogP contribution in [-0.2, 0) is 26.0 Å². The highest BCUT2D eigenvalue weighted by Crippen LogP contribution is 2.25. The van der Waals surface area contributed by atoms with Crippen LogP contribution in [-0.4, -0.2) is 42.6 Å². The van der Waals surface area contributed by atoms with Gasteiger partial charge < -0.3 is 4.74 Å². The molecule has 3 aromatic rings. The molecular weight excluding hydrogens is 375 g/mol. The molecular formula is C17H17FN4O4S. The van der Waals surface area contributed by atoms with Gasteiger partial charge in [0, 0.05) is 12.6 Å². The number of carbonyl (C=O) groups excluding carboxylic acids is 1. The Morgan fingerprint density at radius 2 is 2.04 bits per heavy atom. The molecule has 0 saturated carbocycles. The van der Waals surface area contributed by atoms with E-state index >= 15 is 0 Å². The van der Waals surface area contributed by atoms with Crippen molar-refractivity contribution in [1.82, 2.24) is 14.6 Å². The quantitative estimate of drug-likeness (QED) is 0.594. The minimum atomic E-state index is -4.18. The number of sulfonamides is 1. The first-order valence-corrected chi connectivity index (χ1v) is 9.49. The highest BCUT2D eigenvalue weighted by Gasteiger charge is 2.28. The van der Waals surface area contributed by atoms with Crippen LogP contribution in [0.1, 0.15) is 12.7 Å². The average molecular weight is 392 g/mol. The fourth-order valence-electron chi connectivity index (χ4n) is 2.57. The maximum absolute atomic E-state index is 13.6. The van der Waals surface area contributed by atoms with Crippen LogP contribution in [0.25, 0.3) is 5.65 Å². The first-order valence-electron chi connectivity index (χ1n) is 8.05. The van der Waals surface area contributed by atoms with E-state index in [1.807, 2.05) is 6.92 Å². The van der Waals surface area contributed by atoms with Gasteiger partial charge in [-0.2, -0.15) is 0 Å². The van der Waals surface area contributed by atoms with Crippen molar-refractivity contribution in [1.29, 1.82) is 0 Å². The normalized spacial score (nSPS) is 11.5. The number of hydrogen-bond acceptors (Lipinski definition) is 6. The number of halogens is 1. The number of nitrogens with zero attached hydrogens (tertiary/aromatic N) is 4. The fourth-order valence-corrected chi connectivity index (χ4v) is 3.97. The van der Waals surface area contributed by atoms with Crippen molar-refractivity contribution >= 4 is 27.3 Å². The summed E-state index contributed by atoms with van der Waals surface area (Å²) in [5, 5.41) is 7.96. The van der Waals surface area contributed by atoms with Gasteiger partial charge in [0.25, 0.3) is 10.0 Å². The summed E-state index contributed by atoms with van der Waals surface area (Å²) in [7, 11) is -3.03. The smallest absolute Gasteiger partial charge is 0.326 e. The van der Waals surface area contributed by atoms with Gasteiger partial charge in [-0.1, -0.05) is 13.0 Å². The number of benzene rings is 1. The van der Waals surface area contributed by atoms with Crippen LogP contribution >= 0.6 is 0 Å². The summed E-state index contributed by atoms with van der Waals surface area (Å²) in [5.41, 5.74) is 0.510. The standard InChI is InChI=1S/C17H17FN4O4S/c1-3-15-19-20-16-8-7-14(10-21(15)16)27(24,25)22(11-17(23)26-2)13-6-4-5-12(18)9-13/h4-10H,3,11H2,1-2H3. The van der Waals surface area contributed by atoms with E-state index in [1.165, 1.54) is 36.5 Å². The zero-order chi connectivity index (χ0) is 19.6. The van der Waals surface area contributed by atoms with Crippen LogP contribution < -0.4 is 4.31 Å². The topological polar surface area (TPSA) is 93.9 Å². The molecule has 2 heterocycles. The molecule has 0 N–H and O–H groups in total. The van der Waals surface area contributed by atoms with Crippen molar-refractivity contribution in [2.24, 2.45) is 0 Å². The van der Waals surface area contributed by atoms with Crippen LogP contribution in [0, 0.1) is 5.82 Å². The Balaban J connectivity index is 2.13. The minimum Gasteiger partial charge on any atom is -0.468 e. The Morgan fingerprint density at radius 1 is 1.26 bits per heavy atom. The molecule has 0 amide bonds. The first-order chi connectivity index (χ1) is 12.9. The second-order valence-electron chi connectivity index (χ2n) is 5.63. The molecule has 142 valence electrons. The van der Waals surface area contributed by atoms with Gasteiger partial charge in [0.05, 0.1) is 12.8 Å². The lowest BCUT2D eigenvalue weighted by Crippen LogP contribution is -2.36. The number of aromatic nitrogens is 3. The van der Waals surface area contributed by atoms with Gasteiger partial charge in [-0.25, -0.2) is 12.8 Å². The Kier molecular flexibility index (Phi) is 5.08. The van der Waals surface area contributed by atoms with E-state index in [0.717, 1.165) is 17.5 Å². The summed E-state index contributed by atoms with van der Waals surface area (Å²) < 4.78 is 47.0. The van der Waals surface area contributed by atoms with E-state index in [9.17, 15) is 17.6 Å². The molecule has 0 aliphatic carbocycles. The summed E-state index contributed by atoms with van der Waals surface area (Å²) >= 11 is 0. The molecule has 10 heteroatoms. The summed E-state index contributed by atoms with van der Waals surface area (Å²) in [6.07, 6.45) is 1.94. The number of fused-ring (bicyclic) bond motifs is 1. The number of rotatable bonds is 6. The van der Waals surface area contributed by atoms with E-state index in [1.54, 1.807) is 4.40 Å². The Labute approximate surface area is 155 Å². The van der Waals surface area contributed by atoms with Crippen molar-refractivity contribution in [3.05, 3.63) is 54.2 Å². The molecule has 0 atom stereocenters. The van der Waals surface area contributed by atoms with E-state index < -0.39 is 28.4 Å². The molecule has 0 fully saturated rings. The van der Waals surface area contributed by atoms with E-state index in [4.69, 9.17) is 0 Å². The zero-order valence-corrected chi connectivity index (χ0v) is 15.5. The van der Waals surface area contributed by atoms with Gasteiger partial charge >= 0.3 is 5.97 Å². The predicted molar refractivity (Wildman–Crippen MR) is 95.3 cm³/mol. The molecule has 3 rings (SSSR count). The van der Waals surface area contributed by atoms with Gasteiger partial charge in [0.2, 0.25) is 0 Å². The highest BCUT2D eigenvalue weighted by molar-refractivity contribution is 7.92. The van der Waals surface area contributed by atoms with Crippen LogP contribution in [0.2, 0.25) is 0 Å². The van der Waals surface area contributed by atoms with Gasteiger partial charge in [-0.3, -0.25) is 13.5 Å². The summed E-state index contributed by atoms with van der Waals surface area (Å²) in [5.74, 6) is -0.810. The molecule has 2 aromatic heterocycles. The van der Waals surface area contributed by atoms with Crippen LogP contribution in [0.4, 0.5) is 10.1 Å². The Bertz CT molecular complexity index is 1100.